The number of guanidine groups is 1. The Morgan fingerprint density at radius 1 is 1.14 bits per heavy atom. The lowest BCUT2D eigenvalue weighted by Gasteiger charge is -2.22. The van der Waals surface area contributed by atoms with Crippen molar-refractivity contribution in [2.24, 2.45) is 4.99 Å². The van der Waals surface area contributed by atoms with E-state index in [1.165, 1.54) is 57.4 Å². The molecule has 0 spiro atoms. The molecule has 2 aliphatic rings. The molecule has 2 N–H and O–H groups in total. The highest BCUT2D eigenvalue weighted by molar-refractivity contribution is 14.0. The predicted molar refractivity (Wildman–Crippen MR) is 133 cm³/mol. The molecule has 1 aromatic rings. The smallest absolute Gasteiger partial charge is 0.191 e. The van der Waals surface area contributed by atoms with Crippen LogP contribution < -0.4 is 20.3 Å². The van der Waals surface area contributed by atoms with Gasteiger partial charge in [-0.2, -0.15) is 0 Å². The van der Waals surface area contributed by atoms with Crippen LogP contribution in [0.15, 0.2) is 29.3 Å². The summed E-state index contributed by atoms with van der Waals surface area (Å²) >= 11 is 0. The number of nitrogens with zero attached hydrogens (tertiary/aromatic N) is 3. The van der Waals surface area contributed by atoms with Crippen LogP contribution in [-0.4, -0.2) is 70.3 Å². The Morgan fingerprint density at radius 3 is 2.62 bits per heavy atom. The van der Waals surface area contributed by atoms with E-state index in [1.807, 2.05) is 19.2 Å². The van der Waals surface area contributed by atoms with Crippen molar-refractivity contribution in [3.63, 3.8) is 0 Å². The summed E-state index contributed by atoms with van der Waals surface area (Å²) in [6.45, 7) is 6.70. The third-order valence-electron chi connectivity index (χ3n) is 5.82. The number of methoxy groups -OCH3 is 1. The molecule has 0 amide bonds. The summed E-state index contributed by atoms with van der Waals surface area (Å²) in [6.07, 6.45) is 7.80. The number of ether oxygens (including phenoxy) is 1. The Hall–Kier alpha value is -1.22. The fourth-order valence-electron chi connectivity index (χ4n) is 4.25. The van der Waals surface area contributed by atoms with Gasteiger partial charge in [0.25, 0.3) is 0 Å². The van der Waals surface area contributed by atoms with E-state index in [1.54, 1.807) is 7.11 Å². The summed E-state index contributed by atoms with van der Waals surface area (Å²) < 4.78 is 5.52. The first-order valence-electron chi connectivity index (χ1n) is 10.9. The molecular formula is C22H38IN5O. The van der Waals surface area contributed by atoms with Crippen molar-refractivity contribution >= 4 is 35.6 Å². The second-order valence-corrected chi connectivity index (χ2v) is 7.86. The maximum absolute atomic E-state index is 5.52. The highest BCUT2D eigenvalue weighted by Gasteiger charge is 2.25. The van der Waals surface area contributed by atoms with Gasteiger partial charge in [-0.3, -0.25) is 4.99 Å². The van der Waals surface area contributed by atoms with Crippen molar-refractivity contribution < 1.29 is 4.74 Å². The van der Waals surface area contributed by atoms with Gasteiger partial charge < -0.3 is 25.2 Å². The molecule has 2 heterocycles. The fraction of sp³-hybridized carbons (Fsp3) is 0.682. The van der Waals surface area contributed by atoms with Gasteiger partial charge in [-0.1, -0.05) is 25.0 Å². The average molecular weight is 515 g/mol. The van der Waals surface area contributed by atoms with E-state index in [2.05, 4.69) is 37.6 Å². The van der Waals surface area contributed by atoms with E-state index >= 15 is 0 Å². The molecule has 0 saturated carbocycles. The molecule has 3 rings (SSSR count). The normalized spacial score (nSPS) is 20.7. The van der Waals surface area contributed by atoms with Crippen LogP contribution >= 0.6 is 24.0 Å². The summed E-state index contributed by atoms with van der Waals surface area (Å²) in [5.74, 6) is 1.86. The van der Waals surface area contributed by atoms with E-state index in [9.17, 15) is 0 Å². The summed E-state index contributed by atoms with van der Waals surface area (Å²) in [5, 5.41) is 7.09. The van der Waals surface area contributed by atoms with Crippen LogP contribution in [0.3, 0.4) is 0 Å². The Bertz CT molecular complexity index is 619. The first-order chi connectivity index (χ1) is 13.8. The van der Waals surface area contributed by atoms with Crippen LogP contribution in [0.5, 0.6) is 5.75 Å². The number of nitrogens with one attached hydrogen (secondary N) is 2. The molecule has 29 heavy (non-hydrogen) atoms. The van der Waals surface area contributed by atoms with Crippen LogP contribution in [-0.2, 0) is 0 Å². The minimum Gasteiger partial charge on any atom is -0.495 e. The van der Waals surface area contributed by atoms with Crippen molar-refractivity contribution in [1.29, 1.82) is 0 Å². The number of benzene rings is 1. The van der Waals surface area contributed by atoms with Gasteiger partial charge in [0, 0.05) is 32.7 Å². The van der Waals surface area contributed by atoms with Gasteiger partial charge in [0.1, 0.15) is 5.75 Å². The first-order valence-corrected chi connectivity index (χ1v) is 10.9. The number of anilines is 1. The van der Waals surface area contributed by atoms with Gasteiger partial charge in [-0.25, -0.2) is 0 Å². The minimum absolute atomic E-state index is 0. The lowest BCUT2D eigenvalue weighted by Crippen LogP contribution is -2.45. The molecule has 6 nitrogen and oxygen atoms in total. The SMILES string of the molecule is CN=C(NCCCN1CCCCCC1)NC1CCN(c2ccccc2OC)C1.I. The summed E-state index contributed by atoms with van der Waals surface area (Å²) in [5.41, 5.74) is 1.18. The van der Waals surface area contributed by atoms with Gasteiger partial charge in [0.05, 0.1) is 12.8 Å². The molecule has 2 fully saturated rings. The molecular weight excluding hydrogens is 477 g/mol. The molecule has 0 bridgehead atoms. The topological polar surface area (TPSA) is 52.1 Å². The van der Waals surface area contributed by atoms with Crippen LogP contribution in [0, 0.1) is 0 Å². The van der Waals surface area contributed by atoms with Gasteiger partial charge in [-0.05, 0) is 57.5 Å². The maximum atomic E-state index is 5.52. The van der Waals surface area contributed by atoms with Crippen LogP contribution in [0.1, 0.15) is 38.5 Å². The Balaban J connectivity index is 0.00000300. The predicted octanol–water partition coefficient (Wildman–Crippen LogP) is 3.32. The van der Waals surface area contributed by atoms with Crippen LogP contribution in [0.25, 0.3) is 0 Å². The molecule has 1 unspecified atom stereocenters. The standard InChI is InChI=1S/C22H37N5O.HI/c1-23-22(24-13-9-16-26-14-7-3-4-8-15-26)25-19-12-17-27(18-19)20-10-5-6-11-21(20)28-2;/h5-6,10-11,19H,3-4,7-9,12-18H2,1-2H3,(H2,23,24,25);1H. The minimum atomic E-state index is 0. The quantitative estimate of drug-likeness (QED) is 0.253. The van der Waals surface area contributed by atoms with Gasteiger partial charge in [-0.15, -0.1) is 24.0 Å². The number of rotatable bonds is 7. The third kappa shape index (κ3) is 7.51. The van der Waals surface area contributed by atoms with E-state index in [4.69, 9.17) is 4.74 Å². The molecule has 0 aliphatic carbocycles. The highest BCUT2D eigenvalue weighted by atomic mass is 127. The summed E-state index contributed by atoms with van der Waals surface area (Å²) in [6, 6.07) is 8.66. The zero-order valence-corrected chi connectivity index (χ0v) is 20.4. The lowest BCUT2D eigenvalue weighted by atomic mass is 10.2. The van der Waals surface area contributed by atoms with Crippen molar-refractivity contribution in [3.05, 3.63) is 24.3 Å². The van der Waals surface area contributed by atoms with E-state index in [0.29, 0.717) is 6.04 Å². The van der Waals surface area contributed by atoms with Crippen molar-refractivity contribution in [1.82, 2.24) is 15.5 Å². The van der Waals surface area contributed by atoms with E-state index < -0.39 is 0 Å². The van der Waals surface area contributed by atoms with Gasteiger partial charge in [0.2, 0.25) is 0 Å². The van der Waals surface area contributed by atoms with Gasteiger partial charge >= 0.3 is 0 Å². The zero-order valence-electron chi connectivity index (χ0n) is 18.0. The fourth-order valence-corrected chi connectivity index (χ4v) is 4.25. The molecule has 2 aliphatic heterocycles. The Morgan fingerprint density at radius 2 is 1.90 bits per heavy atom. The Labute approximate surface area is 193 Å². The number of likely N-dealkylation sites (tertiary alicyclic amines) is 1. The monoisotopic (exact) mass is 515 g/mol. The van der Waals surface area contributed by atoms with E-state index in [0.717, 1.165) is 37.8 Å². The molecule has 1 aromatic carbocycles. The largest absolute Gasteiger partial charge is 0.495 e. The number of aliphatic imine (C=N–C) groups is 1. The summed E-state index contributed by atoms with van der Waals surface area (Å²) in [7, 11) is 3.60. The van der Waals surface area contributed by atoms with Crippen molar-refractivity contribution in [2.75, 3.05) is 58.3 Å². The molecule has 0 radical (unpaired) electrons. The van der Waals surface area contributed by atoms with Gasteiger partial charge in [0.15, 0.2) is 5.96 Å². The first kappa shape index (κ1) is 24.1. The maximum Gasteiger partial charge on any atom is 0.191 e. The van der Waals surface area contributed by atoms with Crippen molar-refractivity contribution in [3.8, 4) is 5.75 Å². The number of hydrogen-bond donors (Lipinski definition) is 2. The van der Waals surface area contributed by atoms with Crippen molar-refractivity contribution in [2.45, 2.75) is 44.6 Å². The number of halogens is 1. The zero-order chi connectivity index (χ0) is 19.6. The second-order valence-electron chi connectivity index (χ2n) is 7.86. The molecule has 7 heteroatoms. The third-order valence-corrected chi connectivity index (χ3v) is 5.82. The molecule has 0 aromatic heterocycles. The van der Waals surface area contributed by atoms with Crippen LogP contribution in [0.2, 0.25) is 0 Å². The molecule has 2 saturated heterocycles. The average Bonchev–Trinajstić information content (AvgIpc) is 3.04. The second kappa shape index (κ2) is 13.2. The number of hydrogen-bond acceptors (Lipinski definition) is 4. The summed E-state index contributed by atoms with van der Waals surface area (Å²) in [4.78, 5) is 9.43. The lowest BCUT2D eigenvalue weighted by molar-refractivity contribution is 0.282. The highest BCUT2D eigenvalue weighted by Crippen LogP contribution is 2.30. The van der Waals surface area contributed by atoms with Crippen LogP contribution in [0.4, 0.5) is 5.69 Å². The molecule has 164 valence electrons. The Kier molecular flexibility index (Phi) is 10.9. The number of para-hydroxylation sites is 2. The van der Waals surface area contributed by atoms with E-state index in [-0.39, 0.29) is 24.0 Å². The molecule has 1 atom stereocenters.